The number of ether oxygens (including phenoxy) is 1. The monoisotopic (exact) mass is 375 g/mol. The van der Waals surface area contributed by atoms with E-state index in [0.29, 0.717) is 10.8 Å². The van der Waals surface area contributed by atoms with E-state index in [1.807, 2.05) is 0 Å². The van der Waals surface area contributed by atoms with Crippen LogP contribution in [0, 0.1) is 0 Å². The highest BCUT2D eigenvalue weighted by molar-refractivity contribution is 6.31. The third-order valence-electron chi connectivity index (χ3n) is 3.56. The molecule has 0 aliphatic rings. The number of carbonyl (C=O) groups is 2. The van der Waals surface area contributed by atoms with Gasteiger partial charge in [0.15, 0.2) is 11.5 Å². The SMILES string of the molecule is C[C@@H](OC(=O)c1cc(=O)c2cc(Cl)ccc2o1)C(=O)NCc1ccco1. The molecule has 3 aromatic rings. The molecule has 0 aliphatic heterocycles. The Balaban J connectivity index is 1.69. The van der Waals surface area contributed by atoms with Crippen molar-refractivity contribution in [3.8, 4) is 0 Å². The van der Waals surface area contributed by atoms with Crippen LogP contribution in [-0.2, 0) is 16.1 Å². The van der Waals surface area contributed by atoms with Crippen LogP contribution in [0.15, 0.2) is 56.3 Å². The Morgan fingerprint density at radius 2 is 2.08 bits per heavy atom. The molecule has 0 spiro atoms. The summed E-state index contributed by atoms with van der Waals surface area (Å²) in [6, 6.07) is 8.87. The zero-order valence-electron chi connectivity index (χ0n) is 13.7. The van der Waals surface area contributed by atoms with E-state index in [0.717, 1.165) is 6.07 Å². The van der Waals surface area contributed by atoms with E-state index in [-0.39, 0.29) is 23.3 Å². The minimum absolute atomic E-state index is 0.166. The number of rotatable bonds is 5. The summed E-state index contributed by atoms with van der Waals surface area (Å²) in [7, 11) is 0. The lowest BCUT2D eigenvalue weighted by molar-refractivity contribution is -0.129. The molecule has 134 valence electrons. The topological polar surface area (TPSA) is 98.8 Å². The average molecular weight is 376 g/mol. The van der Waals surface area contributed by atoms with Crippen molar-refractivity contribution in [2.24, 2.45) is 0 Å². The molecular formula is C18H14ClNO6. The molecule has 1 atom stereocenters. The molecule has 0 aliphatic carbocycles. The zero-order valence-corrected chi connectivity index (χ0v) is 14.4. The molecule has 26 heavy (non-hydrogen) atoms. The van der Waals surface area contributed by atoms with Crippen LogP contribution < -0.4 is 10.7 Å². The maximum absolute atomic E-state index is 12.2. The standard InChI is InChI=1S/C18H14ClNO6/c1-10(17(22)20-9-12-3-2-6-24-12)25-18(23)16-8-14(21)13-7-11(19)4-5-15(13)26-16/h2-8,10H,9H2,1H3,(H,20,22)/t10-/m1/s1. The van der Waals surface area contributed by atoms with Gasteiger partial charge in [0.2, 0.25) is 5.76 Å². The molecule has 1 N–H and O–H groups in total. The Kier molecular flexibility index (Phi) is 5.09. The molecule has 3 rings (SSSR count). The van der Waals surface area contributed by atoms with Gasteiger partial charge in [0.25, 0.3) is 5.91 Å². The fourth-order valence-corrected chi connectivity index (χ4v) is 2.40. The van der Waals surface area contributed by atoms with E-state index < -0.39 is 23.4 Å². The van der Waals surface area contributed by atoms with E-state index >= 15 is 0 Å². The van der Waals surface area contributed by atoms with Gasteiger partial charge in [0.1, 0.15) is 11.3 Å². The number of fused-ring (bicyclic) bond motifs is 1. The zero-order chi connectivity index (χ0) is 18.7. The first-order valence-corrected chi connectivity index (χ1v) is 8.06. The number of carbonyl (C=O) groups excluding carboxylic acids is 2. The molecule has 8 heteroatoms. The van der Waals surface area contributed by atoms with E-state index in [1.165, 1.54) is 31.4 Å². The maximum Gasteiger partial charge on any atom is 0.375 e. The summed E-state index contributed by atoms with van der Waals surface area (Å²) in [5.74, 6) is -1.16. The first kappa shape index (κ1) is 17.8. The molecule has 1 aromatic carbocycles. The van der Waals surface area contributed by atoms with Gasteiger partial charge < -0.3 is 18.9 Å². The van der Waals surface area contributed by atoms with E-state index in [2.05, 4.69) is 5.32 Å². The Hall–Kier alpha value is -3.06. The Bertz CT molecular complexity index is 1010. The largest absolute Gasteiger partial charge is 0.467 e. The number of hydrogen-bond acceptors (Lipinski definition) is 6. The number of furan rings is 1. The van der Waals surface area contributed by atoms with Gasteiger partial charge in [-0.2, -0.15) is 0 Å². The van der Waals surface area contributed by atoms with Crippen molar-refractivity contribution >= 4 is 34.4 Å². The third kappa shape index (κ3) is 3.94. The number of benzene rings is 1. The third-order valence-corrected chi connectivity index (χ3v) is 3.80. The van der Waals surface area contributed by atoms with Gasteiger partial charge in [-0.1, -0.05) is 11.6 Å². The number of esters is 1. The molecular weight excluding hydrogens is 362 g/mol. The predicted octanol–water partition coefficient (Wildman–Crippen LogP) is 2.90. The fourth-order valence-electron chi connectivity index (χ4n) is 2.23. The van der Waals surface area contributed by atoms with Gasteiger partial charge in [0, 0.05) is 11.1 Å². The van der Waals surface area contributed by atoms with Crippen LogP contribution in [0.5, 0.6) is 0 Å². The number of halogens is 1. The molecule has 0 unspecified atom stereocenters. The summed E-state index contributed by atoms with van der Waals surface area (Å²) in [6.07, 6.45) is 0.406. The highest BCUT2D eigenvalue weighted by Gasteiger charge is 2.21. The smallest absolute Gasteiger partial charge is 0.375 e. The van der Waals surface area contributed by atoms with Crippen LogP contribution in [0.2, 0.25) is 5.02 Å². The number of hydrogen-bond donors (Lipinski definition) is 1. The van der Waals surface area contributed by atoms with Crippen molar-refractivity contribution in [2.75, 3.05) is 0 Å². The van der Waals surface area contributed by atoms with Crippen molar-refractivity contribution < 1.29 is 23.2 Å². The summed E-state index contributed by atoms with van der Waals surface area (Å²) >= 11 is 5.84. The quantitative estimate of drug-likeness (QED) is 0.688. The summed E-state index contributed by atoms with van der Waals surface area (Å²) < 4.78 is 15.5. The Morgan fingerprint density at radius 3 is 2.81 bits per heavy atom. The first-order valence-electron chi connectivity index (χ1n) is 7.68. The minimum Gasteiger partial charge on any atom is -0.467 e. The van der Waals surface area contributed by atoms with Gasteiger partial charge in [0.05, 0.1) is 18.2 Å². The maximum atomic E-state index is 12.2. The molecule has 2 heterocycles. The van der Waals surface area contributed by atoms with Crippen molar-refractivity contribution in [1.82, 2.24) is 5.32 Å². The lowest BCUT2D eigenvalue weighted by Gasteiger charge is -2.12. The lowest BCUT2D eigenvalue weighted by Crippen LogP contribution is -2.35. The van der Waals surface area contributed by atoms with E-state index in [9.17, 15) is 14.4 Å². The van der Waals surface area contributed by atoms with E-state index in [1.54, 1.807) is 12.1 Å². The summed E-state index contributed by atoms with van der Waals surface area (Å²) in [5.41, 5.74) is -0.237. The minimum atomic E-state index is -1.08. The summed E-state index contributed by atoms with van der Waals surface area (Å²) in [4.78, 5) is 36.3. The van der Waals surface area contributed by atoms with Crippen molar-refractivity contribution in [2.45, 2.75) is 19.6 Å². The van der Waals surface area contributed by atoms with Crippen LogP contribution in [-0.4, -0.2) is 18.0 Å². The van der Waals surface area contributed by atoms with Crippen LogP contribution in [0.4, 0.5) is 0 Å². The van der Waals surface area contributed by atoms with Gasteiger partial charge in [-0.3, -0.25) is 9.59 Å². The van der Waals surface area contributed by atoms with Gasteiger partial charge in [-0.05, 0) is 37.3 Å². The normalized spacial score (nSPS) is 11.9. The predicted molar refractivity (Wildman–Crippen MR) is 92.9 cm³/mol. The highest BCUT2D eigenvalue weighted by atomic mass is 35.5. The summed E-state index contributed by atoms with van der Waals surface area (Å²) in [6.45, 7) is 1.58. The van der Waals surface area contributed by atoms with Gasteiger partial charge in [-0.25, -0.2) is 4.79 Å². The van der Waals surface area contributed by atoms with Crippen molar-refractivity contribution in [3.63, 3.8) is 0 Å². The molecule has 0 fully saturated rings. The van der Waals surface area contributed by atoms with Crippen LogP contribution >= 0.6 is 11.6 Å². The van der Waals surface area contributed by atoms with Crippen molar-refractivity contribution in [1.29, 1.82) is 0 Å². The second-order valence-corrected chi connectivity index (χ2v) is 5.90. The number of nitrogens with one attached hydrogen (secondary N) is 1. The van der Waals surface area contributed by atoms with E-state index in [4.69, 9.17) is 25.2 Å². The average Bonchev–Trinajstić information content (AvgIpc) is 3.13. The molecule has 1 amide bonds. The lowest BCUT2D eigenvalue weighted by atomic mass is 10.2. The molecule has 0 saturated carbocycles. The van der Waals surface area contributed by atoms with Gasteiger partial charge >= 0.3 is 5.97 Å². The number of amides is 1. The molecule has 2 aromatic heterocycles. The Morgan fingerprint density at radius 1 is 1.27 bits per heavy atom. The Labute approximate surface area is 152 Å². The second kappa shape index (κ2) is 7.45. The highest BCUT2D eigenvalue weighted by Crippen LogP contribution is 2.18. The molecule has 0 radical (unpaired) electrons. The van der Waals surface area contributed by atoms with Crippen LogP contribution in [0.3, 0.4) is 0 Å². The molecule has 7 nitrogen and oxygen atoms in total. The van der Waals surface area contributed by atoms with Crippen molar-refractivity contribution in [3.05, 3.63) is 69.4 Å². The molecule has 0 bridgehead atoms. The van der Waals surface area contributed by atoms with Crippen LogP contribution in [0.25, 0.3) is 11.0 Å². The summed E-state index contributed by atoms with van der Waals surface area (Å²) in [5, 5.41) is 3.20. The first-order chi connectivity index (χ1) is 12.4. The molecule has 0 saturated heterocycles. The van der Waals surface area contributed by atoms with Crippen LogP contribution in [0.1, 0.15) is 23.2 Å². The van der Waals surface area contributed by atoms with Gasteiger partial charge in [-0.15, -0.1) is 0 Å². The fraction of sp³-hybridized carbons (Fsp3) is 0.167. The second-order valence-electron chi connectivity index (χ2n) is 5.46.